The van der Waals surface area contributed by atoms with E-state index < -0.39 is 4.92 Å². The van der Waals surface area contributed by atoms with Gasteiger partial charge in [-0.3, -0.25) is 14.9 Å². The molecule has 1 heterocycles. The predicted molar refractivity (Wildman–Crippen MR) is 83.5 cm³/mol. The quantitative estimate of drug-likeness (QED) is 0.612. The van der Waals surface area contributed by atoms with Crippen LogP contribution in [-0.2, 0) is 11.2 Å². The molecule has 1 unspecified atom stereocenters. The van der Waals surface area contributed by atoms with Crippen LogP contribution in [0.4, 0.5) is 5.69 Å². The molecule has 0 aliphatic carbocycles. The van der Waals surface area contributed by atoms with Crippen molar-refractivity contribution >= 4 is 23.4 Å². The first kappa shape index (κ1) is 15.8. The molecule has 0 spiro atoms. The first-order chi connectivity index (χ1) is 10.1. The van der Waals surface area contributed by atoms with Gasteiger partial charge < -0.3 is 10.6 Å². The molecule has 0 bridgehead atoms. The summed E-state index contributed by atoms with van der Waals surface area (Å²) in [6, 6.07) is 6.69. The number of hydrogen-bond acceptors (Lipinski definition) is 5. The van der Waals surface area contributed by atoms with Gasteiger partial charge in [0.1, 0.15) is 0 Å². The molecule has 114 valence electrons. The lowest BCUT2D eigenvalue weighted by molar-refractivity contribution is -0.384. The third-order valence-electron chi connectivity index (χ3n) is 3.31. The highest BCUT2D eigenvalue weighted by atomic mass is 32.2. The van der Waals surface area contributed by atoms with Crippen molar-refractivity contribution < 1.29 is 9.72 Å². The standard InChI is InChI=1S/C14H19N3O3S/c18-14(9-12-10-21-8-7-15-12)16-6-5-11-1-3-13(4-2-11)17(19)20/h1-4,12,15H,5-10H2,(H,16,18). The predicted octanol–water partition coefficient (Wildman–Crippen LogP) is 1.35. The van der Waals surface area contributed by atoms with Crippen molar-refractivity contribution in [2.24, 2.45) is 0 Å². The molecule has 1 amide bonds. The van der Waals surface area contributed by atoms with Gasteiger partial charge in [0, 0.05) is 49.2 Å². The van der Waals surface area contributed by atoms with Crippen molar-refractivity contribution in [3.8, 4) is 0 Å². The maximum absolute atomic E-state index is 11.8. The van der Waals surface area contributed by atoms with Gasteiger partial charge in [0.15, 0.2) is 0 Å². The van der Waals surface area contributed by atoms with Crippen molar-refractivity contribution in [1.82, 2.24) is 10.6 Å². The maximum atomic E-state index is 11.8. The fraction of sp³-hybridized carbons (Fsp3) is 0.500. The summed E-state index contributed by atoms with van der Waals surface area (Å²) in [6.45, 7) is 1.52. The smallest absolute Gasteiger partial charge is 0.269 e. The molecule has 7 heteroatoms. The van der Waals surface area contributed by atoms with Gasteiger partial charge in [0.05, 0.1) is 4.92 Å². The molecule has 1 aliphatic heterocycles. The van der Waals surface area contributed by atoms with Crippen molar-refractivity contribution in [3.63, 3.8) is 0 Å². The Morgan fingerprint density at radius 1 is 1.43 bits per heavy atom. The molecule has 2 rings (SSSR count). The van der Waals surface area contributed by atoms with Gasteiger partial charge >= 0.3 is 0 Å². The number of nitrogens with one attached hydrogen (secondary N) is 2. The Morgan fingerprint density at radius 2 is 2.19 bits per heavy atom. The monoisotopic (exact) mass is 309 g/mol. The van der Waals surface area contributed by atoms with E-state index in [1.165, 1.54) is 12.1 Å². The van der Waals surface area contributed by atoms with Crippen LogP contribution < -0.4 is 10.6 Å². The Morgan fingerprint density at radius 3 is 2.81 bits per heavy atom. The number of carbonyl (C=O) groups is 1. The number of amides is 1. The minimum Gasteiger partial charge on any atom is -0.356 e. The van der Waals surface area contributed by atoms with Crippen LogP contribution in [0.5, 0.6) is 0 Å². The average molecular weight is 309 g/mol. The SMILES string of the molecule is O=C(CC1CSCCN1)NCCc1ccc([N+](=O)[O-])cc1. The molecule has 0 radical (unpaired) electrons. The number of hydrogen-bond donors (Lipinski definition) is 2. The summed E-state index contributed by atoms with van der Waals surface area (Å²) in [5.41, 5.74) is 1.07. The molecule has 1 aromatic rings. The van der Waals surface area contributed by atoms with E-state index in [4.69, 9.17) is 0 Å². The highest BCUT2D eigenvalue weighted by Crippen LogP contribution is 2.12. The van der Waals surface area contributed by atoms with Gasteiger partial charge in [-0.2, -0.15) is 11.8 Å². The van der Waals surface area contributed by atoms with Gasteiger partial charge in [-0.1, -0.05) is 12.1 Å². The largest absolute Gasteiger partial charge is 0.356 e. The van der Waals surface area contributed by atoms with Crippen LogP contribution in [0.2, 0.25) is 0 Å². The Labute approximate surface area is 127 Å². The fourth-order valence-electron chi connectivity index (χ4n) is 2.18. The Bertz CT molecular complexity index is 487. The lowest BCUT2D eigenvalue weighted by atomic mass is 10.1. The van der Waals surface area contributed by atoms with Crippen molar-refractivity contribution in [3.05, 3.63) is 39.9 Å². The summed E-state index contributed by atoms with van der Waals surface area (Å²) in [5.74, 6) is 2.14. The number of nitro groups is 1. The van der Waals surface area contributed by atoms with Crippen LogP contribution >= 0.6 is 11.8 Å². The van der Waals surface area contributed by atoms with Crippen LogP contribution in [-0.4, -0.2) is 41.5 Å². The number of thioether (sulfide) groups is 1. The summed E-state index contributed by atoms with van der Waals surface area (Å²) in [5, 5.41) is 16.8. The third-order valence-corrected chi connectivity index (χ3v) is 4.44. The van der Waals surface area contributed by atoms with Crippen LogP contribution in [0.1, 0.15) is 12.0 Å². The second-order valence-corrected chi connectivity index (χ2v) is 6.10. The summed E-state index contributed by atoms with van der Waals surface area (Å²) in [6.07, 6.45) is 1.18. The highest BCUT2D eigenvalue weighted by Gasteiger charge is 2.16. The summed E-state index contributed by atoms with van der Waals surface area (Å²) in [7, 11) is 0. The van der Waals surface area contributed by atoms with Crippen LogP contribution in [0.25, 0.3) is 0 Å². The minimum atomic E-state index is -0.416. The van der Waals surface area contributed by atoms with Crippen molar-refractivity contribution in [1.29, 1.82) is 0 Å². The summed E-state index contributed by atoms with van der Waals surface area (Å²) < 4.78 is 0. The Kier molecular flexibility index (Phi) is 6.01. The van der Waals surface area contributed by atoms with Crippen LogP contribution in [0.15, 0.2) is 24.3 Å². The van der Waals surface area contributed by atoms with E-state index in [-0.39, 0.29) is 17.6 Å². The van der Waals surface area contributed by atoms with Crippen LogP contribution in [0, 0.1) is 10.1 Å². The van der Waals surface area contributed by atoms with Gasteiger partial charge in [-0.25, -0.2) is 0 Å². The minimum absolute atomic E-state index is 0.0527. The molecular formula is C14H19N3O3S. The molecule has 0 aromatic heterocycles. The van der Waals surface area contributed by atoms with Gasteiger partial charge in [0.2, 0.25) is 5.91 Å². The molecule has 1 aromatic carbocycles. The van der Waals surface area contributed by atoms with E-state index in [1.54, 1.807) is 12.1 Å². The van der Waals surface area contributed by atoms with E-state index in [1.807, 2.05) is 11.8 Å². The first-order valence-corrected chi connectivity index (χ1v) is 8.12. The molecule has 1 saturated heterocycles. The fourth-order valence-corrected chi connectivity index (χ4v) is 3.13. The van der Waals surface area contributed by atoms with E-state index in [0.717, 1.165) is 23.6 Å². The number of carbonyl (C=O) groups excluding carboxylic acids is 1. The van der Waals surface area contributed by atoms with Crippen molar-refractivity contribution in [2.45, 2.75) is 18.9 Å². The highest BCUT2D eigenvalue weighted by molar-refractivity contribution is 7.99. The molecule has 0 saturated carbocycles. The zero-order chi connectivity index (χ0) is 15.1. The van der Waals surface area contributed by atoms with Crippen LogP contribution in [0.3, 0.4) is 0 Å². The third kappa shape index (κ3) is 5.35. The summed E-state index contributed by atoms with van der Waals surface area (Å²) in [4.78, 5) is 21.9. The zero-order valence-corrected chi connectivity index (χ0v) is 12.5. The number of benzene rings is 1. The number of rotatable bonds is 6. The first-order valence-electron chi connectivity index (χ1n) is 6.96. The van der Waals surface area contributed by atoms with Gasteiger partial charge in [-0.15, -0.1) is 0 Å². The average Bonchev–Trinajstić information content (AvgIpc) is 2.49. The number of nitro benzene ring substituents is 1. The molecule has 1 atom stereocenters. The van der Waals surface area contributed by atoms with Gasteiger partial charge in [-0.05, 0) is 12.0 Å². The molecule has 1 aliphatic rings. The Hall–Kier alpha value is -1.60. The Balaban J connectivity index is 1.68. The lowest BCUT2D eigenvalue weighted by Gasteiger charge is -2.22. The van der Waals surface area contributed by atoms with E-state index >= 15 is 0 Å². The second-order valence-electron chi connectivity index (χ2n) is 4.95. The van der Waals surface area contributed by atoms with E-state index in [0.29, 0.717) is 19.4 Å². The molecule has 1 fully saturated rings. The second kappa shape index (κ2) is 7.99. The lowest BCUT2D eigenvalue weighted by Crippen LogP contribution is -2.41. The molecule has 2 N–H and O–H groups in total. The molecule has 6 nitrogen and oxygen atoms in total. The maximum Gasteiger partial charge on any atom is 0.269 e. The van der Waals surface area contributed by atoms with Gasteiger partial charge in [0.25, 0.3) is 5.69 Å². The topological polar surface area (TPSA) is 84.3 Å². The molecular weight excluding hydrogens is 290 g/mol. The van der Waals surface area contributed by atoms with Crippen molar-refractivity contribution in [2.75, 3.05) is 24.6 Å². The number of nitrogens with zero attached hydrogens (tertiary/aromatic N) is 1. The normalized spacial score (nSPS) is 18.2. The molecule has 21 heavy (non-hydrogen) atoms. The number of non-ortho nitro benzene ring substituents is 1. The zero-order valence-electron chi connectivity index (χ0n) is 11.7. The van der Waals surface area contributed by atoms with E-state index in [2.05, 4.69) is 10.6 Å². The summed E-state index contributed by atoms with van der Waals surface area (Å²) >= 11 is 1.87. The van der Waals surface area contributed by atoms with E-state index in [9.17, 15) is 14.9 Å².